The molecule has 0 atom stereocenters. The van der Waals surface area contributed by atoms with Gasteiger partial charge in [0.05, 0.1) is 11.9 Å². The Balaban J connectivity index is 2.21. The van der Waals surface area contributed by atoms with Crippen molar-refractivity contribution in [2.75, 3.05) is 6.54 Å². The van der Waals surface area contributed by atoms with E-state index in [-0.39, 0.29) is 0 Å². The third-order valence-electron chi connectivity index (χ3n) is 2.65. The molecular weight excluding hydrogens is 246 g/mol. The van der Waals surface area contributed by atoms with E-state index in [0.29, 0.717) is 0 Å². The highest BCUT2D eigenvalue weighted by atomic mass is 35.5. The van der Waals surface area contributed by atoms with Crippen LogP contribution in [0.25, 0.3) is 11.3 Å². The molecule has 0 aliphatic rings. The second kappa shape index (κ2) is 6.47. The van der Waals surface area contributed by atoms with Crippen molar-refractivity contribution in [3.05, 3.63) is 47.4 Å². The average Bonchev–Trinajstić information content (AvgIpc) is 2.42. The molecular formula is C14H16ClN3. The van der Waals surface area contributed by atoms with Gasteiger partial charge in [0.25, 0.3) is 0 Å². The number of rotatable bonds is 5. The zero-order chi connectivity index (χ0) is 12.8. The fourth-order valence-corrected chi connectivity index (χ4v) is 1.90. The van der Waals surface area contributed by atoms with Gasteiger partial charge in [-0.05, 0) is 30.7 Å². The topological polar surface area (TPSA) is 37.8 Å². The molecule has 0 aliphatic carbocycles. The van der Waals surface area contributed by atoms with Crippen LogP contribution in [0.2, 0.25) is 5.02 Å². The molecule has 0 spiro atoms. The molecule has 0 unspecified atom stereocenters. The van der Waals surface area contributed by atoms with Crippen LogP contribution in [0.15, 0.2) is 36.8 Å². The molecule has 0 saturated carbocycles. The molecule has 0 aliphatic heterocycles. The van der Waals surface area contributed by atoms with Crippen LogP contribution in [0.5, 0.6) is 0 Å². The molecule has 1 aromatic carbocycles. The van der Waals surface area contributed by atoms with Crippen LogP contribution in [-0.2, 0) is 6.54 Å². The molecule has 3 nitrogen and oxygen atoms in total. The lowest BCUT2D eigenvalue weighted by Gasteiger charge is -2.08. The van der Waals surface area contributed by atoms with Crippen LogP contribution in [0.4, 0.5) is 0 Å². The highest BCUT2D eigenvalue weighted by molar-refractivity contribution is 6.31. The zero-order valence-corrected chi connectivity index (χ0v) is 11.1. The van der Waals surface area contributed by atoms with Crippen LogP contribution in [0, 0.1) is 0 Å². The first kappa shape index (κ1) is 13.0. The second-order valence-electron chi connectivity index (χ2n) is 4.07. The molecule has 0 saturated heterocycles. The molecule has 1 heterocycles. The van der Waals surface area contributed by atoms with Crippen molar-refractivity contribution in [3.8, 4) is 11.3 Å². The molecule has 1 aromatic heterocycles. The van der Waals surface area contributed by atoms with Gasteiger partial charge >= 0.3 is 0 Å². The first-order chi connectivity index (χ1) is 8.81. The number of aromatic nitrogens is 2. The summed E-state index contributed by atoms with van der Waals surface area (Å²) < 4.78 is 0. The second-order valence-corrected chi connectivity index (χ2v) is 4.48. The normalized spacial score (nSPS) is 10.6. The van der Waals surface area contributed by atoms with Gasteiger partial charge in [-0.2, -0.15) is 0 Å². The molecule has 2 aromatic rings. The SMILES string of the molecule is CCCNCc1cc(-c2cnccn2)ccc1Cl. The van der Waals surface area contributed by atoms with Crippen LogP contribution >= 0.6 is 11.6 Å². The quantitative estimate of drug-likeness (QED) is 0.840. The summed E-state index contributed by atoms with van der Waals surface area (Å²) in [7, 11) is 0. The summed E-state index contributed by atoms with van der Waals surface area (Å²) >= 11 is 6.19. The molecule has 94 valence electrons. The summed E-state index contributed by atoms with van der Waals surface area (Å²) in [5.74, 6) is 0. The van der Waals surface area contributed by atoms with Gasteiger partial charge in [0.2, 0.25) is 0 Å². The number of halogens is 1. The van der Waals surface area contributed by atoms with E-state index in [1.54, 1.807) is 18.6 Å². The Morgan fingerprint density at radius 2 is 2.17 bits per heavy atom. The lowest BCUT2D eigenvalue weighted by atomic mass is 10.1. The first-order valence-electron chi connectivity index (χ1n) is 6.06. The van der Waals surface area contributed by atoms with Crippen molar-refractivity contribution in [3.63, 3.8) is 0 Å². The van der Waals surface area contributed by atoms with Crippen molar-refractivity contribution < 1.29 is 0 Å². The Hall–Kier alpha value is -1.45. The smallest absolute Gasteiger partial charge is 0.0885 e. The standard InChI is InChI=1S/C14H16ClN3/c1-2-5-16-9-12-8-11(3-4-13(12)15)14-10-17-6-7-18-14/h3-4,6-8,10,16H,2,5,9H2,1H3. The summed E-state index contributed by atoms with van der Waals surface area (Å²) in [5.41, 5.74) is 3.00. The van der Waals surface area contributed by atoms with E-state index in [0.717, 1.165) is 41.4 Å². The maximum absolute atomic E-state index is 6.19. The Kier molecular flexibility index (Phi) is 4.67. The molecule has 4 heteroatoms. The minimum absolute atomic E-state index is 0.779. The van der Waals surface area contributed by atoms with E-state index < -0.39 is 0 Å². The summed E-state index contributed by atoms with van der Waals surface area (Å²) in [6.07, 6.45) is 6.23. The van der Waals surface area contributed by atoms with Crippen molar-refractivity contribution in [2.24, 2.45) is 0 Å². The number of hydrogen-bond acceptors (Lipinski definition) is 3. The summed E-state index contributed by atoms with van der Waals surface area (Å²) in [6, 6.07) is 5.94. The fraction of sp³-hybridized carbons (Fsp3) is 0.286. The minimum atomic E-state index is 0.779. The average molecular weight is 262 g/mol. The molecule has 0 bridgehead atoms. The van der Waals surface area contributed by atoms with Gasteiger partial charge in [-0.3, -0.25) is 9.97 Å². The van der Waals surface area contributed by atoms with E-state index >= 15 is 0 Å². The third kappa shape index (κ3) is 3.28. The van der Waals surface area contributed by atoms with E-state index in [1.165, 1.54) is 0 Å². The maximum atomic E-state index is 6.19. The Bertz CT molecular complexity index is 500. The van der Waals surface area contributed by atoms with Crippen molar-refractivity contribution in [1.29, 1.82) is 0 Å². The number of benzene rings is 1. The third-order valence-corrected chi connectivity index (χ3v) is 3.02. The van der Waals surface area contributed by atoms with Gasteiger partial charge in [0, 0.05) is 29.5 Å². The molecule has 18 heavy (non-hydrogen) atoms. The van der Waals surface area contributed by atoms with Gasteiger partial charge in [0.1, 0.15) is 0 Å². The Labute approximate surface area is 112 Å². The van der Waals surface area contributed by atoms with Crippen molar-refractivity contribution in [2.45, 2.75) is 19.9 Å². The lowest BCUT2D eigenvalue weighted by Crippen LogP contribution is -2.14. The monoisotopic (exact) mass is 261 g/mol. The van der Waals surface area contributed by atoms with Crippen molar-refractivity contribution >= 4 is 11.6 Å². The molecule has 0 fully saturated rings. The predicted molar refractivity (Wildman–Crippen MR) is 74.5 cm³/mol. The first-order valence-corrected chi connectivity index (χ1v) is 6.44. The molecule has 0 radical (unpaired) electrons. The van der Waals surface area contributed by atoms with Crippen LogP contribution in [0.3, 0.4) is 0 Å². The Morgan fingerprint density at radius 1 is 1.28 bits per heavy atom. The van der Waals surface area contributed by atoms with Crippen LogP contribution < -0.4 is 5.32 Å². The highest BCUT2D eigenvalue weighted by Gasteiger charge is 2.04. The van der Waals surface area contributed by atoms with Crippen molar-refractivity contribution in [1.82, 2.24) is 15.3 Å². The zero-order valence-electron chi connectivity index (χ0n) is 10.4. The molecule has 1 N–H and O–H groups in total. The van der Waals surface area contributed by atoms with Gasteiger partial charge in [-0.15, -0.1) is 0 Å². The summed E-state index contributed by atoms with van der Waals surface area (Å²) in [6.45, 7) is 3.91. The van der Waals surface area contributed by atoms with Gasteiger partial charge in [-0.25, -0.2) is 0 Å². The van der Waals surface area contributed by atoms with Gasteiger partial charge in [0.15, 0.2) is 0 Å². The van der Waals surface area contributed by atoms with Gasteiger partial charge < -0.3 is 5.32 Å². The van der Waals surface area contributed by atoms with E-state index in [4.69, 9.17) is 11.6 Å². The number of nitrogens with one attached hydrogen (secondary N) is 1. The summed E-state index contributed by atoms with van der Waals surface area (Å²) in [5, 5.41) is 4.13. The largest absolute Gasteiger partial charge is 0.313 e. The maximum Gasteiger partial charge on any atom is 0.0885 e. The predicted octanol–water partition coefficient (Wildman–Crippen LogP) is 3.30. The van der Waals surface area contributed by atoms with E-state index in [1.807, 2.05) is 12.1 Å². The molecule has 0 amide bonds. The van der Waals surface area contributed by atoms with Crippen LogP contribution in [-0.4, -0.2) is 16.5 Å². The lowest BCUT2D eigenvalue weighted by molar-refractivity contribution is 0.676. The van der Waals surface area contributed by atoms with Gasteiger partial charge in [-0.1, -0.05) is 24.6 Å². The van der Waals surface area contributed by atoms with Crippen LogP contribution in [0.1, 0.15) is 18.9 Å². The van der Waals surface area contributed by atoms with E-state index in [2.05, 4.69) is 28.3 Å². The minimum Gasteiger partial charge on any atom is -0.313 e. The number of hydrogen-bond donors (Lipinski definition) is 1. The highest BCUT2D eigenvalue weighted by Crippen LogP contribution is 2.23. The summed E-state index contributed by atoms with van der Waals surface area (Å²) in [4.78, 5) is 8.37. The van der Waals surface area contributed by atoms with E-state index in [9.17, 15) is 0 Å². The molecule has 2 rings (SSSR count). The number of nitrogens with zero attached hydrogens (tertiary/aromatic N) is 2. The fourth-order valence-electron chi connectivity index (χ4n) is 1.72. The Morgan fingerprint density at radius 3 is 2.89 bits per heavy atom.